The fraction of sp³-hybridized carbons (Fsp3) is 0.500. The van der Waals surface area contributed by atoms with Gasteiger partial charge in [-0.05, 0) is 36.5 Å². The number of halogens is 3. The molecule has 0 bridgehead atoms. The van der Waals surface area contributed by atoms with Crippen molar-refractivity contribution in [2.45, 2.75) is 32.7 Å². The van der Waals surface area contributed by atoms with Crippen molar-refractivity contribution in [3.63, 3.8) is 0 Å². The predicted octanol–water partition coefficient (Wildman–Crippen LogP) is 5.08. The van der Waals surface area contributed by atoms with Crippen LogP contribution in [0.4, 0.5) is 0 Å². The summed E-state index contributed by atoms with van der Waals surface area (Å²) in [4.78, 5) is 0. The van der Waals surface area contributed by atoms with Gasteiger partial charge in [-0.2, -0.15) is 0 Å². The van der Waals surface area contributed by atoms with Gasteiger partial charge in [0.2, 0.25) is 0 Å². The van der Waals surface area contributed by atoms with Crippen LogP contribution in [0.25, 0.3) is 0 Å². The third kappa shape index (κ3) is 3.81. The highest BCUT2D eigenvalue weighted by Gasteiger charge is 2.14. The normalized spacial score (nSPS) is 13.2. The molecular formula is C12H16Cl3N. The zero-order chi connectivity index (χ0) is 12.3. The van der Waals surface area contributed by atoms with Crippen LogP contribution in [-0.4, -0.2) is 0 Å². The van der Waals surface area contributed by atoms with Gasteiger partial charge in [0.1, 0.15) is 0 Å². The van der Waals surface area contributed by atoms with Crippen LogP contribution in [0.1, 0.15) is 38.3 Å². The summed E-state index contributed by atoms with van der Waals surface area (Å²) in [5.74, 6) is 0.625. The van der Waals surface area contributed by atoms with Gasteiger partial charge in [-0.25, -0.2) is 0 Å². The lowest BCUT2D eigenvalue weighted by atomic mass is 9.98. The first-order valence-electron chi connectivity index (χ1n) is 5.31. The van der Waals surface area contributed by atoms with Crippen molar-refractivity contribution < 1.29 is 0 Å². The minimum Gasteiger partial charge on any atom is -0.324 e. The minimum absolute atomic E-state index is 0.105. The van der Waals surface area contributed by atoms with Crippen LogP contribution in [0, 0.1) is 5.92 Å². The van der Waals surface area contributed by atoms with Crippen molar-refractivity contribution in [1.82, 2.24) is 0 Å². The molecule has 0 aliphatic rings. The SMILES string of the molecule is CC(C)CC[C@H](N)c1cc(Cl)cc(Cl)c1Cl. The Bertz CT molecular complexity index is 364. The smallest absolute Gasteiger partial charge is 0.0641 e. The second-order valence-electron chi connectivity index (χ2n) is 4.37. The monoisotopic (exact) mass is 279 g/mol. The zero-order valence-electron chi connectivity index (χ0n) is 9.43. The second kappa shape index (κ2) is 6.11. The van der Waals surface area contributed by atoms with E-state index >= 15 is 0 Å². The molecule has 90 valence electrons. The van der Waals surface area contributed by atoms with Crippen molar-refractivity contribution >= 4 is 34.8 Å². The molecule has 0 saturated carbocycles. The summed E-state index contributed by atoms with van der Waals surface area (Å²) in [5.41, 5.74) is 6.91. The maximum Gasteiger partial charge on any atom is 0.0641 e. The molecule has 1 atom stereocenters. The lowest BCUT2D eigenvalue weighted by Crippen LogP contribution is -2.12. The van der Waals surface area contributed by atoms with E-state index in [0.29, 0.717) is 21.0 Å². The van der Waals surface area contributed by atoms with Gasteiger partial charge in [-0.1, -0.05) is 48.7 Å². The molecule has 0 aliphatic carbocycles. The van der Waals surface area contributed by atoms with Gasteiger partial charge in [0.15, 0.2) is 0 Å². The van der Waals surface area contributed by atoms with Crippen LogP contribution < -0.4 is 5.73 Å². The molecule has 0 aromatic heterocycles. The molecule has 0 aliphatic heterocycles. The lowest BCUT2D eigenvalue weighted by molar-refractivity contribution is 0.507. The summed E-state index contributed by atoms with van der Waals surface area (Å²) >= 11 is 18.0. The Kier molecular flexibility index (Phi) is 5.39. The molecule has 0 amide bonds. The van der Waals surface area contributed by atoms with E-state index in [4.69, 9.17) is 40.5 Å². The number of hydrogen-bond acceptors (Lipinski definition) is 1. The van der Waals surface area contributed by atoms with Gasteiger partial charge in [0.05, 0.1) is 10.0 Å². The van der Waals surface area contributed by atoms with Crippen molar-refractivity contribution in [2.24, 2.45) is 11.7 Å². The van der Waals surface area contributed by atoms with Crippen molar-refractivity contribution in [2.75, 3.05) is 0 Å². The highest BCUT2D eigenvalue weighted by molar-refractivity contribution is 6.43. The summed E-state index contributed by atoms with van der Waals surface area (Å²) in [6.45, 7) is 4.33. The van der Waals surface area contributed by atoms with Crippen LogP contribution in [0.5, 0.6) is 0 Å². The van der Waals surface area contributed by atoms with Crippen molar-refractivity contribution in [3.8, 4) is 0 Å². The fourth-order valence-electron chi connectivity index (χ4n) is 1.51. The average molecular weight is 281 g/mol. The Morgan fingerprint density at radius 1 is 1.12 bits per heavy atom. The van der Waals surface area contributed by atoms with Crippen LogP contribution >= 0.6 is 34.8 Å². The van der Waals surface area contributed by atoms with E-state index in [0.717, 1.165) is 18.4 Å². The molecule has 1 aromatic carbocycles. The highest BCUT2D eigenvalue weighted by Crippen LogP contribution is 2.34. The highest BCUT2D eigenvalue weighted by atomic mass is 35.5. The molecule has 2 N–H and O–H groups in total. The van der Waals surface area contributed by atoms with Gasteiger partial charge in [-0.3, -0.25) is 0 Å². The molecule has 0 heterocycles. The third-order valence-corrected chi connectivity index (χ3v) is 3.51. The molecule has 1 rings (SSSR count). The van der Waals surface area contributed by atoms with Crippen LogP contribution in [0.15, 0.2) is 12.1 Å². The average Bonchev–Trinajstić information content (AvgIpc) is 2.19. The number of rotatable bonds is 4. The molecule has 0 unspecified atom stereocenters. The van der Waals surface area contributed by atoms with Gasteiger partial charge >= 0.3 is 0 Å². The molecule has 1 nitrogen and oxygen atoms in total. The Balaban J connectivity index is 2.86. The fourth-order valence-corrected chi connectivity index (χ4v) is 2.27. The summed E-state index contributed by atoms with van der Waals surface area (Å²) in [6.07, 6.45) is 1.94. The quantitative estimate of drug-likeness (QED) is 0.764. The van der Waals surface area contributed by atoms with E-state index in [-0.39, 0.29) is 6.04 Å². The van der Waals surface area contributed by atoms with Crippen LogP contribution in [0.3, 0.4) is 0 Å². The van der Waals surface area contributed by atoms with Crippen molar-refractivity contribution in [1.29, 1.82) is 0 Å². The molecule has 16 heavy (non-hydrogen) atoms. The Morgan fingerprint density at radius 3 is 2.31 bits per heavy atom. The molecule has 0 fully saturated rings. The first-order valence-corrected chi connectivity index (χ1v) is 6.45. The standard InChI is InChI=1S/C12H16Cl3N/c1-7(2)3-4-11(16)9-5-8(13)6-10(14)12(9)15/h5-7,11H,3-4,16H2,1-2H3/t11-/m0/s1. The summed E-state index contributed by atoms with van der Waals surface area (Å²) in [6, 6.07) is 3.32. The molecule has 0 spiro atoms. The Hall–Kier alpha value is 0.0500. The Morgan fingerprint density at radius 2 is 1.75 bits per heavy atom. The van der Waals surface area contributed by atoms with E-state index in [2.05, 4.69) is 13.8 Å². The Labute approximate surface area is 112 Å². The predicted molar refractivity (Wildman–Crippen MR) is 72.5 cm³/mol. The topological polar surface area (TPSA) is 26.0 Å². The number of benzene rings is 1. The first kappa shape index (κ1) is 14.1. The first-order chi connectivity index (χ1) is 7.41. The van der Waals surface area contributed by atoms with Gasteiger partial charge in [0, 0.05) is 11.1 Å². The molecule has 4 heteroatoms. The molecular weight excluding hydrogens is 264 g/mol. The van der Waals surface area contributed by atoms with E-state index < -0.39 is 0 Å². The van der Waals surface area contributed by atoms with Crippen LogP contribution in [0.2, 0.25) is 15.1 Å². The number of hydrogen-bond donors (Lipinski definition) is 1. The van der Waals surface area contributed by atoms with Crippen molar-refractivity contribution in [3.05, 3.63) is 32.8 Å². The van der Waals surface area contributed by atoms with E-state index in [1.165, 1.54) is 0 Å². The zero-order valence-corrected chi connectivity index (χ0v) is 11.7. The maximum atomic E-state index is 6.10. The number of nitrogens with two attached hydrogens (primary N) is 1. The van der Waals surface area contributed by atoms with Gasteiger partial charge < -0.3 is 5.73 Å². The summed E-state index contributed by atoms with van der Waals surface area (Å²) in [5, 5.41) is 1.55. The summed E-state index contributed by atoms with van der Waals surface area (Å²) in [7, 11) is 0. The molecule has 0 saturated heterocycles. The van der Waals surface area contributed by atoms with Gasteiger partial charge in [-0.15, -0.1) is 0 Å². The lowest BCUT2D eigenvalue weighted by Gasteiger charge is -2.16. The third-order valence-electron chi connectivity index (χ3n) is 2.48. The maximum absolute atomic E-state index is 6.10. The molecule has 1 aromatic rings. The van der Waals surface area contributed by atoms with E-state index in [9.17, 15) is 0 Å². The van der Waals surface area contributed by atoms with E-state index in [1.807, 2.05) is 0 Å². The van der Waals surface area contributed by atoms with Crippen LogP contribution in [-0.2, 0) is 0 Å². The second-order valence-corrected chi connectivity index (χ2v) is 5.59. The largest absolute Gasteiger partial charge is 0.324 e. The minimum atomic E-state index is -0.105. The molecule has 0 radical (unpaired) electrons. The van der Waals surface area contributed by atoms with Gasteiger partial charge in [0.25, 0.3) is 0 Å². The van der Waals surface area contributed by atoms with E-state index in [1.54, 1.807) is 12.1 Å². The summed E-state index contributed by atoms with van der Waals surface area (Å²) < 4.78 is 0.